The Kier molecular flexibility index (Phi) is 11.1. The third kappa shape index (κ3) is 8.74. The summed E-state index contributed by atoms with van der Waals surface area (Å²) in [6.07, 6.45) is 0. The van der Waals surface area contributed by atoms with Gasteiger partial charge in [0.1, 0.15) is 11.4 Å². The van der Waals surface area contributed by atoms with E-state index in [1.54, 1.807) is 15.4 Å². The molecular formula is C38H54N4O4. The van der Waals surface area contributed by atoms with E-state index >= 15 is 0 Å². The van der Waals surface area contributed by atoms with E-state index in [1.165, 1.54) is 38.9 Å². The van der Waals surface area contributed by atoms with Crippen molar-refractivity contribution in [1.29, 1.82) is 0 Å². The molecule has 0 atom stereocenters. The van der Waals surface area contributed by atoms with Crippen LogP contribution in [-0.4, -0.2) is 43.2 Å². The Bertz CT molecular complexity index is 1690. The van der Waals surface area contributed by atoms with Gasteiger partial charge in [0.15, 0.2) is 0 Å². The van der Waals surface area contributed by atoms with Crippen LogP contribution in [0.1, 0.15) is 127 Å². The smallest absolute Gasteiger partial charge is 0.356 e. The van der Waals surface area contributed by atoms with Gasteiger partial charge in [0.2, 0.25) is 0 Å². The molecular weight excluding hydrogens is 576 g/mol. The highest BCUT2D eigenvalue weighted by Crippen LogP contribution is 2.26. The van der Waals surface area contributed by atoms with Crippen LogP contribution in [0.15, 0.2) is 36.4 Å². The van der Waals surface area contributed by atoms with E-state index in [0.29, 0.717) is 25.4 Å². The maximum absolute atomic E-state index is 12.3. The van der Waals surface area contributed by atoms with Crippen LogP contribution >= 0.6 is 0 Å². The van der Waals surface area contributed by atoms with Gasteiger partial charge in [-0.25, -0.2) is 9.59 Å². The van der Waals surface area contributed by atoms with Gasteiger partial charge >= 0.3 is 11.9 Å². The third-order valence-electron chi connectivity index (χ3n) is 8.10. The molecule has 0 aliphatic rings. The second-order valence-electron chi connectivity index (χ2n) is 14.4. The number of ether oxygens (including phenoxy) is 1. The molecule has 4 aromatic rings. The Labute approximate surface area is 276 Å². The van der Waals surface area contributed by atoms with E-state index in [4.69, 9.17) is 9.84 Å². The Morgan fingerprint density at radius 3 is 1.35 bits per heavy atom. The summed E-state index contributed by atoms with van der Waals surface area (Å²) in [6.45, 7) is 28.1. The largest absolute Gasteiger partial charge is 0.477 e. The van der Waals surface area contributed by atoms with Crippen LogP contribution in [0.25, 0.3) is 0 Å². The number of nitrogens with zero attached hydrogens (tertiary/aromatic N) is 4. The van der Waals surface area contributed by atoms with E-state index in [0.717, 1.165) is 17.0 Å². The van der Waals surface area contributed by atoms with Gasteiger partial charge in [0, 0.05) is 12.3 Å². The number of aryl methyl sites for hydroxylation is 6. The lowest BCUT2D eigenvalue weighted by Gasteiger charge is -2.15. The minimum atomic E-state index is -0.939. The first-order valence-corrected chi connectivity index (χ1v) is 15.9. The van der Waals surface area contributed by atoms with Crippen molar-refractivity contribution in [3.63, 3.8) is 0 Å². The summed E-state index contributed by atoms with van der Waals surface area (Å²) in [5.74, 6) is -1.26. The van der Waals surface area contributed by atoms with Crippen LogP contribution in [-0.2, 0) is 28.7 Å². The number of carboxylic acid groups (broad SMARTS) is 1. The molecule has 2 aromatic heterocycles. The van der Waals surface area contributed by atoms with Crippen molar-refractivity contribution in [2.75, 3.05) is 6.61 Å². The molecule has 2 aromatic carbocycles. The van der Waals surface area contributed by atoms with Gasteiger partial charge in [0.25, 0.3) is 0 Å². The molecule has 0 saturated carbocycles. The Morgan fingerprint density at radius 2 is 1.02 bits per heavy atom. The number of hydrogen-bond acceptors (Lipinski definition) is 5. The Balaban J connectivity index is 0.000000321. The fourth-order valence-corrected chi connectivity index (χ4v) is 5.57. The third-order valence-corrected chi connectivity index (χ3v) is 8.10. The van der Waals surface area contributed by atoms with Gasteiger partial charge in [-0.1, -0.05) is 76.9 Å². The predicted molar refractivity (Wildman–Crippen MR) is 186 cm³/mol. The number of hydrogen-bond donors (Lipinski definition) is 1. The molecule has 2 heterocycles. The average molecular weight is 631 g/mol. The van der Waals surface area contributed by atoms with Crippen LogP contribution < -0.4 is 0 Å². The highest BCUT2D eigenvalue weighted by molar-refractivity contribution is 5.88. The first-order chi connectivity index (χ1) is 21.2. The van der Waals surface area contributed by atoms with Crippen LogP contribution in [0, 0.1) is 41.5 Å². The van der Waals surface area contributed by atoms with Crippen molar-refractivity contribution >= 4 is 11.9 Å². The number of rotatable bonds is 7. The molecule has 250 valence electrons. The number of carboxylic acids is 1. The average Bonchev–Trinajstić information content (AvgIpc) is 3.54. The fraction of sp³-hybridized carbons (Fsp3) is 0.474. The normalized spacial score (nSPS) is 11.7. The topological polar surface area (TPSA) is 99.2 Å². The summed E-state index contributed by atoms with van der Waals surface area (Å²) >= 11 is 0. The van der Waals surface area contributed by atoms with E-state index in [9.17, 15) is 14.7 Å². The molecule has 1 N–H and O–H groups in total. The molecule has 8 nitrogen and oxygen atoms in total. The monoisotopic (exact) mass is 630 g/mol. The number of aromatic carboxylic acids is 1. The first-order valence-electron chi connectivity index (χ1n) is 15.9. The summed E-state index contributed by atoms with van der Waals surface area (Å²) in [6, 6.07) is 12.1. The lowest BCUT2D eigenvalue weighted by molar-refractivity contribution is 0.0512. The van der Waals surface area contributed by atoms with Crippen LogP contribution in [0.4, 0.5) is 0 Å². The molecule has 0 saturated heterocycles. The molecule has 8 heteroatoms. The van der Waals surface area contributed by atoms with Gasteiger partial charge < -0.3 is 9.84 Å². The maximum atomic E-state index is 12.3. The molecule has 0 aliphatic carbocycles. The highest BCUT2D eigenvalue weighted by Gasteiger charge is 2.25. The zero-order valence-corrected chi connectivity index (χ0v) is 30.0. The van der Waals surface area contributed by atoms with E-state index in [2.05, 4.69) is 91.7 Å². The summed E-state index contributed by atoms with van der Waals surface area (Å²) < 4.78 is 8.60. The number of benzene rings is 2. The number of carbonyl (C=O) groups excluding carboxylic acids is 1. The Morgan fingerprint density at radius 1 is 0.674 bits per heavy atom. The van der Waals surface area contributed by atoms with E-state index in [1.807, 2.05) is 33.8 Å². The quantitative estimate of drug-likeness (QED) is 0.206. The first kappa shape index (κ1) is 36.3. The summed E-state index contributed by atoms with van der Waals surface area (Å²) in [5, 5.41) is 18.7. The lowest BCUT2D eigenvalue weighted by atomic mass is 9.92. The van der Waals surface area contributed by atoms with Crippen LogP contribution in [0.5, 0.6) is 0 Å². The van der Waals surface area contributed by atoms with Gasteiger partial charge in [-0.05, 0) is 94.0 Å². The predicted octanol–water partition coefficient (Wildman–Crippen LogP) is 8.43. The standard InChI is InChI=1S/C20H28N2O2.C18H24N2O2.H2/c1-8-24-19(23)17-11-18(20(5,6)7)21-22(17)12-16-14(3)9-13(2)10-15(16)4;1-11-7-12(2)14(13(3)8-11)10-20-15(17(21)22)9-16(19-20)18(4,5)6;/h9-11H,8,12H2,1-7H3;7-9H,10H2,1-6H3,(H,21,22);1H. The number of esters is 1. The fourth-order valence-electron chi connectivity index (χ4n) is 5.57. The van der Waals surface area contributed by atoms with Gasteiger partial charge in [0.05, 0.1) is 31.1 Å². The van der Waals surface area contributed by atoms with Gasteiger partial charge in [-0.2, -0.15) is 10.2 Å². The molecule has 4 rings (SSSR count). The van der Waals surface area contributed by atoms with Crippen molar-refractivity contribution in [3.8, 4) is 0 Å². The maximum Gasteiger partial charge on any atom is 0.356 e. The van der Waals surface area contributed by atoms with Crippen molar-refractivity contribution < 1.29 is 20.9 Å². The van der Waals surface area contributed by atoms with E-state index in [-0.39, 0.29) is 23.9 Å². The minimum Gasteiger partial charge on any atom is -0.477 e. The zero-order chi connectivity index (χ0) is 34.7. The molecule has 0 spiro atoms. The second-order valence-corrected chi connectivity index (χ2v) is 14.4. The minimum absolute atomic E-state index is 0. The summed E-state index contributed by atoms with van der Waals surface area (Å²) in [5.41, 5.74) is 11.7. The zero-order valence-electron chi connectivity index (χ0n) is 30.0. The van der Waals surface area contributed by atoms with E-state index < -0.39 is 5.97 Å². The molecule has 0 bridgehead atoms. The molecule has 0 amide bonds. The van der Waals surface area contributed by atoms with Gasteiger partial charge in [-0.15, -0.1) is 0 Å². The molecule has 0 radical (unpaired) electrons. The molecule has 0 unspecified atom stereocenters. The summed E-state index contributed by atoms with van der Waals surface area (Å²) in [7, 11) is 0. The van der Waals surface area contributed by atoms with Crippen LogP contribution in [0.3, 0.4) is 0 Å². The summed E-state index contributed by atoms with van der Waals surface area (Å²) in [4.78, 5) is 23.9. The van der Waals surface area contributed by atoms with Gasteiger partial charge in [-0.3, -0.25) is 9.36 Å². The molecule has 0 aliphatic heterocycles. The van der Waals surface area contributed by atoms with Crippen LogP contribution in [0.2, 0.25) is 0 Å². The van der Waals surface area contributed by atoms with Crippen molar-refractivity contribution in [2.45, 2.75) is 114 Å². The van der Waals surface area contributed by atoms with Crippen molar-refractivity contribution in [2.24, 2.45) is 0 Å². The highest BCUT2D eigenvalue weighted by atomic mass is 16.5. The lowest BCUT2D eigenvalue weighted by Crippen LogP contribution is -2.16. The number of carbonyl (C=O) groups is 2. The van der Waals surface area contributed by atoms with Crippen molar-refractivity contribution in [1.82, 2.24) is 19.6 Å². The Hall–Kier alpha value is -4.20. The SMILES string of the molecule is CCOC(=O)c1cc(C(C)(C)C)nn1Cc1c(C)cc(C)cc1C.Cc1cc(C)c(Cn2nc(C(C)(C)C)cc2C(=O)O)c(C)c1.[HH]. The van der Waals surface area contributed by atoms with Crippen molar-refractivity contribution in [3.05, 3.63) is 104 Å². The second kappa shape index (κ2) is 14.1. The molecule has 0 fully saturated rings. The molecule has 46 heavy (non-hydrogen) atoms. The number of aromatic nitrogens is 4.